The number of rotatable bonds is 8. The smallest absolute Gasteiger partial charge is 0.271 e. The molecule has 0 N–H and O–H groups in total. The molecule has 0 heterocycles. The molecule has 0 aliphatic rings. The van der Waals surface area contributed by atoms with Crippen molar-refractivity contribution in [3.8, 4) is 0 Å². The Bertz CT molecular complexity index is 145. The highest BCUT2D eigenvalue weighted by molar-refractivity contribution is 4.67. The van der Waals surface area contributed by atoms with Crippen LogP contribution in [0.15, 0.2) is 25.3 Å². The summed E-state index contributed by atoms with van der Waals surface area (Å²) < 4.78 is 6.95. The molecular formula is C10H18O3. The van der Waals surface area contributed by atoms with Crippen LogP contribution in [0.3, 0.4) is 0 Å². The van der Waals surface area contributed by atoms with E-state index < -0.39 is 6.29 Å². The molecule has 3 heteroatoms. The minimum Gasteiger partial charge on any atom is -0.532 e. The number of ether oxygens (including phenoxy) is 1. The Morgan fingerprint density at radius 2 is 2.15 bits per heavy atom. The van der Waals surface area contributed by atoms with E-state index in [1.165, 1.54) is 6.08 Å². The zero-order valence-corrected chi connectivity index (χ0v) is 8.20. The molecule has 0 saturated heterocycles. The van der Waals surface area contributed by atoms with Crippen molar-refractivity contribution in [2.45, 2.75) is 26.1 Å². The van der Waals surface area contributed by atoms with Gasteiger partial charge in [0, 0.05) is 6.42 Å². The molecule has 3 nitrogen and oxygen atoms in total. The average Bonchev–Trinajstić information content (AvgIpc) is 2.12. The molecule has 0 aliphatic carbocycles. The monoisotopic (exact) mass is 186 g/mol. The van der Waals surface area contributed by atoms with Crippen LogP contribution in [0.25, 0.3) is 0 Å². The third-order valence-corrected chi connectivity index (χ3v) is 1.50. The Labute approximate surface area is 79.9 Å². The third kappa shape index (κ3) is 5.58. The maximum atomic E-state index is 11.2. The fourth-order valence-electron chi connectivity index (χ4n) is 0.925. The summed E-state index contributed by atoms with van der Waals surface area (Å²) in [6.45, 7) is 9.64. The van der Waals surface area contributed by atoms with Gasteiger partial charge in [0.25, 0.3) is 6.29 Å². The van der Waals surface area contributed by atoms with Gasteiger partial charge in [0.2, 0.25) is 0 Å². The first-order valence-corrected chi connectivity index (χ1v) is 4.46. The van der Waals surface area contributed by atoms with E-state index in [0.717, 1.165) is 6.42 Å². The Kier molecular flexibility index (Phi) is 7.59. The van der Waals surface area contributed by atoms with Crippen LogP contribution < -0.4 is 5.26 Å². The summed E-state index contributed by atoms with van der Waals surface area (Å²) in [5.74, 6) is 0. The second-order valence-electron chi connectivity index (χ2n) is 2.68. The van der Waals surface area contributed by atoms with Gasteiger partial charge in [-0.05, 0) is 12.5 Å². The van der Waals surface area contributed by atoms with Gasteiger partial charge in [-0.15, -0.1) is 6.58 Å². The van der Waals surface area contributed by atoms with Crippen LogP contribution in [0.5, 0.6) is 0 Å². The van der Waals surface area contributed by atoms with Crippen LogP contribution in [-0.4, -0.2) is 19.5 Å². The zero-order chi connectivity index (χ0) is 10.1. The second kappa shape index (κ2) is 7.98. The maximum absolute atomic E-state index is 11.2. The molecule has 0 radical (unpaired) electrons. The summed E-state index contributed by atoms with van der Waals surface area (Å²) in [5.41, 5.74) is 0. The number of hydrogen-bond acceptors (Lipinski definition) is 2. The van der Waals surface area contributed by atoms with Gasteiger partial charge in [-0.3, -0.25) is 0 Å². The van der Waals surface area contributed by atoms with Gasteiger partial charge in [0.05, 0.1) is 6.61 Å². The molecule has 0 aromatic carbocycles. The Morgan fingerprint density at radius 3 is 2.62 bits per heavy atom. The first-order valence-electron chi connectivity index (χ1n) is 4.46. The van der Waals surface area contributed by atoms with Crippen molar-refractivity contribution in [3.05, 3.63) is 25.3 Å². The van der Waals surface area contributed by atoms with Crippen molar-refractivity contribution in [3.63, 3.8) is 0 Å². The molecule has 76 valence electrons. The minimum absolute atomic E-state index is 0.224. The van der Waals surface area contributed by atoms with Gasteiger partial charge in [-0.1, -0.05) is 19.6 Å². The van der Waals surface area contributed by atoms with E-state index in [9.17, 15) is 5.26 Å². The van der Waals surface area contributed by atoms with Gasteiger partial charge in [0.1, 0.15) is 0 Å². The normalized spacial score (nSPS) is 12.8. The van der Waals surface area contributed by atoms with Crippen molar-refractivity contribution in [1.82, 2.24) is 0 Å². The molecule has 0 saturated carbocycles. The van der Waals surface area contributed by atoms with Crippen molar-refractivity contribution in [1.29, 1.82) is 0 Å². The highest BCUT2D eigenvalue weighted by Gasteiger charge is 2.15. The molecule has 1 atom stereocenters. The Morgan fingerprint density at radius 1 is 1.46 bits per heavy atom. The van der Waals surface area contributed by atoms with E-state index in [1.54, 1.807) is 10.6 Å². The van der Waals surface area contributed by atoms with Crippen LogP contribution in [0.4, 0.5) is 0 Å². The fourth-order valence-corrected chi connectivity index (χ4v) is 0.925. The lowest BCUT2D eigenvalue weighted by Crippen LogP contribution is -2.38. The van der Waals surface area contributed by atoms with Gasteiger partial charge in [-0.25, -0.2) is 0 Å². The summed E-state index contributed by atoms with van der Waals surface area (Å²) in [6, 6.07) is 0. The lowest BCUT2D eigenvalue weighted by molar-refractivity contribution is -0.819. The predicted octanol–water partition coefficient (Wildman–Crippen LogP) is 1.33. The van der Waals surface area contributed by atoms with Crippen molar-refractivity contribution < 1.29 is 14.5 Å². The van der Waals surface area contributed by atoms with Crippen LogP contribution in [0.1, 0.15) is 19.8 Å². The first kappa shape index (κ1) is 12.4. The quantitative estimate of drug-likeness (QED) is 0.188. The van der Waals surface area contributed by atoms with Gasteiger partial charge in [-0.2, -0.15) is 0 Å². The molecule has 1 unspecified atom stereocenters. The fraction of sp³-hybridized carbons (Fsp3) is 0.600. The highest BCUT2D eigenvalue weighted by atomic mass is 17.2. The highest BCUT2D eigenvalue weighted by Crippen LogP contribution is 2.08. The molecule has 0 spiro atoms. The molecule has 0 aromatic heterocycles. The van der Waals surface area contributed by atoms with E-state index in [4.69, 9.17) is 4.74 Å². The second-order valence-corrected chi connectivity index (χ2v) is 2.68. The molecule has 0 rings (SSSR count). The van der Waals surface area contributed by atoms with E-state index in [-0.39, 0.29) is 6.61 Å². The topological polar surface area (TPSA) is 35.0 Å². The Hall–Kier alpha value is -0.640. The zero-order valence-electron chi connectivity index (χ0n) is 8.20. The van der Waals surface area contributed by atoms with Gasteiger partial charge < -0.3 is 14.5 Å². The first-order chi connectivity index (χ1) is 6.26. The van der Waals surface area contributed by atoms with Crippen LogP contribution in [-0.2, 0) is 9.25 Å². The molecule has 0 bridgehead atoms. The van der Waals surface area contributed by atoms with E-state index in [0.29, 0.717) is 13.0 Å². The van der Waals surface area contributed by atoms with Crippen LogP contribution in [0.2, 0.25) is 0 Å². The summed E-state index contributed by atoms with van der Waals surface area (Å²) in [4.78, 5) is 0. The van der Waals surface area contributed by atoms with Crippen LogP contribution >= 0.6 is 0 Å². The molecule has 0 aromatic rings. The van der Waals surface area contributed by atoms with Crippen molar-refractivity contribution in [2.24, 2.45) is 0 Å². The Balaban J connectivity index is 3.88. The van der Waals surface area contributed by atoms with Crippen molar-refractivity contribution >= 4 is 0 Å². The summed E-state index contributed by atoms with van der Waals surface area (Å²) in [6.07, 6.45) is 4.34. The molecule has 0 fully saturated rings. The van der Waals surface area contributed by atoms with Gasteiger partial charge in [0.15, 0.2) is 6.61 Å². The lowest BCUT2D eigenvalue weighted by Gasteiger charge is -2.27. The predicted molar refractivity (Wildman–Crippen MR) is 51.0 cm³/mol. The molecule has 0 amide bonds. The minimum atomic E-state index is -0.444. The lowest BCUT2D eigenvalue weighted by atomic mass is 10.3. The largest absolute Gasteiger partial charge is 0.532 e. The standard InChI is InChI=1S/C10H18O3/c1-4-7-10(12-8-5-2)13(11)9-6-3/h5-6,10H,2-4,7-9H2,1H3. The van der Waals surface area contributed by atoms with E-state index in [2.05, 4.69) is 13.2 Å². The molecule has 0 aliphatic heterocycles. The van der Waals surface area contributed by atoms with Crippen LogP contribution in [0, 0.1) is 0 Å². The SMILES string of the molecule is C=CCOC(CCC)[O+]([O-])CC=C. The summed E-state index contributed by atoms with van der Waals surface area (Å²) in [5, 5.41) is 11.2. The third-order valence-electron chi connectivity index (χ3n) is 1.50. The van der Waals surface area contributed by atoms with E-state index in [1.807, 2.05) is 6.92 Å². The molecular weight excluding hydrogens is 168 g/mol. The average molecular weight is 186 g/mol. The van der Waals surface area contributed by atoms with Gasteiger partial charge >= 0.3 is 0 Å². The maximum Gasteiger partial charge on any atom is 0.271 e. The summed E-state index contributed by atoms with van der Waals surface area (Å²) >= 11 is 0. The number of hydrogen-bond donors (Lipinski definition) is 0. The van der Waals surface area contributed by atoms with E-state index >= 15 is 0 Å². The molecule has 13 heavy (non-hydrogen) atoms. The summed E-state index contributed by atoms with van der Waals surface area (Å²) in [7, 11) is 0. The van der Waals surface area contributed by atoms with Crippen molar-refractivity contribution in [2.75, 3.05) is 13.2 Å².